The maximum Gasteiger partial charge on any atom is 0.338 e. The van der Waals surface area contributed by atoms with Crippen molar-refractivity contribution < 1.29 is 14.3 Å². The number of carbonyl (C=O) groups excluding carboxylic acids is 2. The molecule has 0 bridgehead atoms. The molecule has 0 fully saturated rings. The molecular formula is C13H17BrN2O3. The Kier molecular flexibility index (Phi) is 4.94. The minimum atomic E-state index is -0.586. The average Bonchev–Trinajstić information content (AvgIpc) is 2.22. The van der Waals surface area contributed by atoms with Gasteiger partial charge < -0.3 is 15.8 Å². The maximum absolute atomic E-state index is 11.7. The van der Waals surface area contributed by atoms with Gasteiger partial charge in [-0.15, -0.1) is 0 Å². The van der Waals surface area contributed by atoms with E-state index < -0.39 is 5.97 Å². The van der Waals surface area contributed by atoms with Crippen LogP contribution in [0.2, 0.25) is 0 Å². The average molecular weight is 329 g/mol. The number of hydrogen-bond acceptors (Lipinski definition) is 4. The van der Waals surface area contributed by atoms with Crippen molar-refractivity contribution in [3.8, 4) is 0 Å². The van der Waals surface area contributed by atoms with E-state index in [1.165, 1.54) is 6.07 Å². The van der Waals surface area contributed by atoms with Crippen molar-refractivity contribution in [2.45, 2.75) is 26.3 Å². The van der Waals surface area contributed by atoms with E-state index in [1.807, 2.05) is 20.8 Å². The predicted molar refractivity (Wildman–Crippen MR) is 76.7 cm³/mol. The summed E-state index contributed by atoms with van der Waals surface area (Å²) in [6.07, 6.45) is 0. The van der Waals surface area contributed by atoms with Crippen LogP contribution in [0.25, 0.3) is 0 Å². The van der Waals surface area contributed by atoms with Crippen LogP contribution in [0.15, 0.2) is 22.7 Å². The lowest BCUT2D eigenvalue weighted by atomic mass is 10.1. The molecule has 6 heteroatoms. The molecule has 1 rings (SSSR count). The number of benzene rings is 1. The van der Waals surface area contributed by atoms with E-state index in [-0.39, 0.29) is 18.1 Å². The zero-order valence-corrected chi connectivity index (χ0v) is 12.7. The Hall–Kier alpha value is -1.56. The van der Waals surface area contributed by atoms with Crippen molar-refractivity contribution in [1.82, 2.24) is 5.32 Å². The van der Waals surface area contributed by atoms with Crippen LogP contribution in [-0.2, 0) is 9.53 Å². The van der Waals surface area contributed by atoms with E-state index in [0.717, 1.165) is 0 Å². The number of anilines is 1. The van der Waals surface area contributed by atoms with Gasteiger partial charge >= 0.3 is 5.97 Å². The molecule has 19 heavy (non-hydrogen) atoms. The molecule has 0 unspecified atom stereocenters. The number of esters is 1. The van der Waals surface area contributed by atoms with Gasteiger partial charge in [0, 0.05) is 15.7 Å². The van der Waals surface area contributed by atoms with Crippen LogP contribution in [0.4, 0.5) is 5.69 Å². The third-order valence-electron chi connectivity index (χ3n) is 2.00. The zero-order chi connectivity index (χ0) is 14.6. The molecule has 0 spiro atoms. The van der Waals surface area contributed by atoms with Crippen molar-refractivity contribution in [2.75, 3.05) is 12.3 Å². The third-order valence-corrected chi connectivity index (χ3v) is 2.46. The van der Waals surface area contributed by atoms with Crippen molar-refractivity contribution in [2.24, 2.45) is 0 Å². The number of carbonyl (C=O) groups is 2. The Bertz CT molecular complexity index is 475. The smallest absolute Gasteiger partial charge is 0.338 e. The van der Waals surface area contributed by atoms with Crippen LogP contribution in [0.5, 0.6) is 0 Å². The van der Waals surface area contributed by atoms with Crippen LogP contribution in [0.1, 0.15) is 31.1 Å². The summed E-state index contributed by atoms with van der Waals surface area (Å²) in [6, 6.07) is 4.75. The van der Waals surface area contributed by atoms with Gasteiger partial charge in [-0.1, -0.05) is 15.9 Å². The van der Waals surface area contributed by atoms with E-state index in [2.05, 4.69) is 21.2 Å². The molecule has 5 nitrogen and oxygen atoms in total. The standard InChI is InChI=1S/C13H17BrN2O3/c1-13(2,3)16-11(17)7-19-12(18)8-4-9(14)6-10(15)5-8/h4-6H,7,15H2,1-3H3,(H,16,17). The molecule has 0 aliphatic heterocycles. The normalized spacial score (nSPS) is 10.9. The molecular weight excluding hydrogens is 312 g/mol. The fourth-order valence-corrected chi connectivity index (χ4v) is 1.91. The molecule has 0 saturated heterocycles. The van der Waals surface area contributed by atoms with Crippen molar-refractivity contribution >= 4 is 33.5 Å². The Balaban J connectivity index is 2.58. The summed E-state index contributed by atoms with van der Waals surface area (Å²) < 4.78 is 5.60. The van der Waals surface area contributed by atoms with Crippen LogP contribution in [-0.4, -0.2) is 24.0 Å². The Morgan fingerprint density at radius 3 is 2.47 bits per heavy atom. The minimum absolute atomic E-state index is 0.301. The van der Waals surface area contributed by atoms with Crippen molar-refractivity contribution in [3.63, 3.8) is 0 Å². The lowest BCUT2D eigenvalue weighted by Gasteiger charge is -2.20. The fraction of sp³-hybridized carbons (Fsp3) is 0.385. The molecule has 104 valence electrons. The highest BCUT2D eigenvalue weighted by atomic mass is 79.9. The highest BCUT2D eigenvalue weighted by molar-refractivity contribution is 9.10. The van der Waals surface area contributed by atoms with Gasteiger partial charge in [0.25, 0.3) is 5.91 Å². The molecule has 1 aromatic rings. The van der Waals surface area contributed by atoms with Crippen LogP contribution >= 0.6 is 15.9 Å². The maximum atomic E-state index is 11.7. The fourth-order valence-electron chi connectivity index (χ4n) is 1.40. The molecule has 1 amide bonds. The molecule has 0 atom stereocenters. The van der Waals surface area contributed by atoms with Crippen LogP contribution < -0.4 is 11.1 Å². The largest absolute Gasteiger partial charge is 0.452 e. The number of halogens is 1. The minimum Gasteiger partial charge on any atom is -0.452 e. The molecule has 3 N–H and O–H groups in total. The van der Waals surface area contributed by atoms with E-state index in [1.54, 1.807) is 12.1 Å². The third kappa shape index (κ3) is 5.74. The highest BCUT2D eigenvalue weighted by Crippen LogP contribution is 2.17. The number of nitrogen functional groups attached to an aromatic ring is 1. The first kappa shape index (κ1) is 15.5. The van der Waals surface area contributed by atoms with E-state index in [9.17, 15) is 9.59 Å². The summed E-state index contributed by atoms with van der Waals surface area (Å²) in [4.78, 5) is 23.2. The highest BCUT2D eigenvalue weighted by Gasteiger charge is 2.16. The van der Waals surface area contributed by atoms with E-state index >= 15 is 0 Å². The summed E-state index contributed by atoms with van der Waals surface area (Å²) in [5.74, 6) is -0.930. The number of hydrogen-bond donors (Lipinski definition) is 2. The number of rotatable bonds is 3. The van der Waals surface area contributed by atoms with Gasteiger partial charge in [-0.25, -0.2) is 4.79 Å². The molecule has 0 aromatic heterocycles. The Morgan fingerprint density at radius 2 is 1.95 bits per heavy atom. The summed E-state index contributed by atoms with van der Waals surface area (Å²) >= 11 is 3.23. The monoisotopic (exact) mass is 328 g/mol. The summed E-state index contributed by atoms with van der Waals surface area (Å²) in [7, 11) is 0. The van der Waals surface area contributed by atoms with Crippen LogP contribution in [0, 0.1) is 0 Å². The van der Waals surface area contributed by atoms with Gasteiger partial charge in [0.2, 0.25) is 0 Å². The van der Waals surface area contributed by atoms with Crippen molar-refractivity contribution in [1.29, 1.82) is 0 Å². The molecule has 0 aliphatic rings. The van der Waals surface area contributed by atoms with E-state index in [4.69, 9.17) is 10.5 Å². The molecule has 0 heterocycles. The second-order valence-corrected chi connectivity index (χ2v) is 6.06. The number of amides is 1. The molecule has 0 radical (unpaired) electrons. The molecule has 0 aliphatic carbocycles. The molecule has 0 saturated carbocycles. The summed E-state index contributed by atoms with van der Waals surface area (Å²) in [6.45, 7) is 5.23. The second-order valence-electron chi connectivity index (χ2n) is 5.15. The summed E-state index contributed by atoms with van der Waals surface area (Å²) in [5, 5.41) is 2.70. The number of nitrogens with two attached hydrogens (primary N) is 1. The van der Waals surface area contributed by atoms with Gasteiger partial charge in [0.05, 0.1) is 5.56 Å². The zero-order valence-electron chi connectivity index (χ0n) is 11.1. The van der Waals surface area contributed by atoms with Crippen molar-refractivity contribution in [3.05, 3.63) is 28.2 Å². The van der Waals surface area contributed by atoms with Gasteiger partial charge in [-0.05, 0) is 39.0 Å². The summed E-state index contributed by atoms with van der Waals surface area (Å²) in [5.41, 5.74) is 6.01. The first-order chi connectivity index (χ1) is 8.67. The van der Waals surface area contributed by atoms with Gasteiger partial charge in [0.1, 0.15) is 0 Å². The quantitative estimate of drug-likeness (QED) is 0.657. The second kappa shape index (κ2) is 6.06. The topological polar surface area (TPSA) is 81.4 Å². The lowest BCUT2D eigenvalue weighted by Crippen LogP contribution is -2.42. The SMILES string of the molecule is CC(C)(C)NC(=O)COC(=O)c1cc(N)cc(Br)c1. The van der Waals surface area contributed by atoms with E-state index in [0.29, 0.717) is 15.7 Å². The lowest BCUT2D eigenvalue weighted by molar-refractivity contribution is -0.125. The van der Waals surface area contributed by atoms with Gasteiger partial charge in [0.15, 0.2) is 6.61 Å². The first-order valence-electron chi connectivity index (χ1n) is 5.71. The Labute approximate surface area is 120 Å². The first-order valence-corrected chi connectivity index (χ1v) is 6.51. The predicted octanol–water partition coefficient (Wildman–Crippen LogP) is 2.10. The van der Waals surface area contributed by atoms with Gasteiger partial charge in [-0.2, -0.15) is 0 Å². The Morgan fingerprint density at radius 1 is 1.32 bits per heavy atom. The number of nitrogens with one attached hydrogen (secondary N) is 1. The number of ether oxygens (including phenoxy) is 1. The van der Waals surface area contributed by atoms with Crippen LogP contribution in [0.3, 0.4) is 0 Å². The van der Waals surface area contributed by atoms with Gasteiger partial charge in [-0.3, -0.25) is 4.79 Å². The molecule has 1 aromatic carbocycles.